The highest BCUT2D eigenvalue weighted by Gasteiger charge is 2.30. The predicted molar refractivity (Wildman–Crippen MR) is 81.4 cm³/mol. The van der Waals surface area contributed by atoms with Crippen molar-refractivity contribution in [2.75, 3.05) is 11.9 Å². The molecular weight excluding hydrogens is 268 g/mol. The number of aryl methyl sites for hydroxylation is 1. The van der Waals surface area contributed by atoms with Crippen LogP contribution < -0.4 is 5.32 Å². The molecular formula is C16H22N2O3. The van der Waals surface area contributed by atoms with Gasteiger partial charge in [-0.2, -0.15) is 0 Å². The van der Waals surface area contributed by atoms with Crippen molar-refractivity contribution in [3.05, 3.63) is 29.8 Å². The van der Waals surface area contributed by atoms with Crippen LogP contribution in [0.2, 0.25) is 0 Å². The van der Waals surface area contributed by atoms with Crippen molar-refractivity contribution in [1.29, 1.82) is 0 Å². The standard InChI is InChI=1S/C16H22N2O3/c1-2-12-8-5-6-9-13(12)17-16(21)18-11-7-3-4-10-14(18)15(19)20/h5-6,8-9,14H,2-4,7,10-11H2,1H3,(H,17,21)(H,19,20). The second kappa shape index (κ2) is 7.11. The van der Waals surface area contributed by atoms with Crippen molar-refractivity contribution in [1.82, 2.24) is 4.90 Å². The van der Waals surface area contributed by atoms with Crippen LogP contribution in [0.15, 0.2) is 24.3 Å². The van der Waals surface area contributed by atoms with Crippen molar-refractivity contribution < 1.29 is 14.7 Å². The van der Waals surface area contributed by atoms with Crippen molar-refractivity contribution in [3.8, 4) is 0 Å². The second-order valence-corrected chi connectivity index (χ2v) is 5.34. The van der Waals surface area contributed by atoms with Gasteiger partial charge in [-0.05, 0) is 30.9 Å². The first-order valence-electron chi connectivity index (χ1n) is 7.51. The number of carbonyl (C=O) groups excluding carboxylic acids is 1. The molecule has 114 valence electrons. The monoisotopic (exact) mass is 290 g/mol. The Hall–Kier alpha value is -2.04. The summed E-state index contributed by atoms with van der Waals surface area (Å²) < 4.78 is 0. The molecule has 2 N–H and O–H groups in total. The Morgan fingerprint density at radius 2 is 2.05 bits per heavy atom. The fourth-order valence-electron chi connectivity index (χ4n) is 2.75. The van der Waals surface area contributed by atoms with Gasteiger partial charge in [0.2, 0.25) is 0 Å². The van der Waals surface area contributed by atoms with Crippen LogP contribution in [-0.4, -0.2) is 34.6 Å². The number of likely N-dealkylation sites (tertiary alicyclic amines) is 1. The van der Waals surface area contributed by atoms with Gasteiger partial charge < -0.3 is 15.3 Å². The minimum absolute atomic E-state index is 0.315. The fraction of sp³-hybridized carbons (Fsp3) is 0.500. The number of amides is 2. The van der Waals surface area contributed by atoms with E-state index < -0.39 is 12.0 Å². The largest absolute Gasteiger partial charge is 0.480 e. The SMILES string of the molecule is CCc1ccccc1NC(=O)N1CCCCCC1C(=O)O. The van der Waals surface area contributed by atoms with Gasteiger partial charge in [0.15, 0.2) is 0 Å². The lowest BCUT2D eigenvalue weighted by Crippen LogP contribution is -2.46. The van der Waals surface area contributed by atoms with E-state index in [4.69, 9.17) is 0 Å². The molecule has 1 aliphatic heterocycles. The number of hydrogen-bond donors (Lipinski definition) is 2. The number of hydrogen-bond acceptors (Lipinski definition) is 2. The molecule has 1 atom stereocenters. The highest BCUT2D eigenvalue weighted by molar-refractivity contribution is 5.93. The second-order valence-electron chi connectivity index (χ2n) is 5.34. The Kier molecular flexibility index (Phi) is 5.20. The highest BCUT2D eigenvalue weighted by atomic mass is 16.4. The van der Waals surface area contributed by atoms with Crippen LogP contribution >= 0.6 is 0 Å². The van der Waals surface area contributed by atoms with E-state index in [1.54, 1.807) is 0 Å². The molecule has 0 aromatic heterocycles. The Morgan fingerprint density at radius 1 is 1.29 bits per heavy atom. The van der Waals surface area contributed by atoms with E-state index in [1.807, 2.05) is 31.2 Å². The fourth-order valence-corrected chi connectivity index (χ4v) is 2.75. The molecule has 2 amide bonds. The van der Waals surface area contributed by atoms with Crippen LogP contribution in [0.3, 0.4) is 0 Å². The molecule has 0 aliphatic carbocycles. The topological polar surface area (TPSA) is 69.6 Å². The minimum atomic E-state index is -0.921. The zero-order chi connectivity index (χ0) is 15.2. The molecule has 1 aliphatic rings. The average molecular weight is 290 g/mol. The van der Waals surface area contributed by atoms with Gasteiger partial charge in [-0.15, -0.1) is 0 Å². The number of carbonyl (C=O) groups is 2. The molecule has 0 bridgehead atoms. The van der Waals surface area contributed by atoms with E-state index in [9.17, 15) is 14.7 Å². The normalized spacial score (nSPS) is 18.9. The summed E-state index contributed by atoms with van der Waals surface area (Å²) in [6.45, 7) is 2.52. The molecule has 1 aromatic carbocycles. The van der Waals surface area contributed by atoms with E-state index in [0.717, 1.165) is 36.9 Å². The van der Waals surface area contributed by atoms with Crippen LogP contribution in [0.25, 0.3) is 0 Å². The maximum Gasteiger partial charge on any atom is 0.326 e. The smallest absolute Gasteiger partial charge is 0.326 e. The summed E-state index contributed by atoms with van der Waals surface area (Å²) in [7, 11) is 0. The van der Waals surface area contributed by atoms with E-state index in [0.29, 0.717) is 13.0 Å². The molecule has 1 heterocycles. The molecule has 2 rings (SSSR count). The summed E-state index contributed by atoms with van der Waals surface area (Å²) in [5.41, 5.74) is 1.81. The van der Waals surface area contributed by atoms with Gasteiger partial charge in [-0.25, -0.2) is 9.59 Å². The number of benzene rings is 1. The molecule has 1 saturated heterocycles. The summed E-state index contributed by atoms with van der Waals surface area (Å²) in [4.78, 5) is 25.3. The van der Waals surface area contributed by atoms with Crippen molar-refractivity contribution >= 4 is 17.7 Å². The molecule has 0 saturated carbocycles. The number of rotatable bonds is 3. The summed E-state index contributed by atoms with van der Waals surface area (Å²) in [6, 6.07) is 6.58. The number of para-hydroxylation sites is 1. The number of nitrogens with zero attached hydrogens (tertiary/aromatic N) is 1. The van der Waals surface area contributed by atoms with Crippen molar-refractivity contribution in [2.45, 2.75) is 45.1 Å². The van der Waals surface area contributed by atoms with Crippen LogP contribution in [0.1, 0.15) is 38.2 Å². The van der Waals surface area contributed by atoms with Crippen LogP contribution in [-0.2, 0) is 11.2 Å². The summed E-state index contributed by atoms with van der Waals surface area (Å²) in [6.07, 6.45) is 4.02. The van der Waals surface area contributed by atoms with Gasteiger partial charge in [0.1, 0.15) is 6.04 Å². The van der Waals surface area contributed by atoms with E-state index >= 15 is 0 Å². The first kappa shape index (κ1) is 15.4. The van der Waals surface area contributed by atoms with Crippen molar-refractivity contribution in [3.63, 3.8) is 0 Å². The Labute approximate surface area is 125 Å². The van der Waals surface area contributed by atoms with Gasteiger partial charge in [0, 0.05) is 12.2 Å². The number of carboxylic acid groups (broad SMARTS) is 1. The number of anilines is 1. The van der Waals surface area contributed by atoms with Crippen LogP contribution in [0.4, 0.5) is 10.5 Å². The van der Waals surface area contributed by atoms with Gasteiger partial charge in [-0.1, -0.05) is 38.0 Å². The van der Waals surface area contributed by atoms with Gasteiger partial charge in [-0.3, -0.25) is 0 Å². The Balaban J connectivity index is 2.15. The number of nitrogens with one attached hydrogen (secondary N) is 1. The van der Waals surface area contributed by atoms with Gasteiger partial charge in [0.05, 0.1) is 0 Å². The van der Waals surface area contributed by atoms with E-state index in [1.165, 1.54) is 4.90 Å². The molecule has 5 nitrogen and oxygen atoms in total. The van der Waals surface area contributed by atoms with E-state index in [-0.39, 0.29) is 6.03 Å². The predicted octanol–water partition coefficient (Wildman–Crippen LogP) is 3.11. The maximum atomic E-state index is 12.5. The summed E-state index contributed by atoms with van der Waals surface area (Å²) >= 11 is 0. The van der Waals surface area contributed by atoms with Crippen LogP contribution in [0.5, 0.6) is 0 Å². The Bertz CT molecular complexity index is 516. The van der Waals surface area contributed by atoms with E-state index in [2.05, 4.69) is 5.32 Å². The zero-order valence-corrected chi connectivity index (χ0v) is 12.3. The lowest BCUT2D eigenvalue weighted by atomic mass is 10.1. The number of urea groups is 1. The molecule has 5 heteroatoms. The third-order valence-electron chi connectivity index (χ3n) is 3.94. The molecule has 1 unspecified atom stereocenters. The lowest BCUT2D eigenvalue weighted by Gasteiger charge is -2.27. The van der Waals surface area contributed by atoms with Gasteiger partial charge >= 0.3 is 12.0 Å². The zero-order valence-electron chi connectivity index (χ0n) is 12.3. The van der Waals surface area contributed by atoms with Crippen molar-refractivity contribution in [2.24, 2.45) is 0 Å². The first-order valence-corrected chi connectivity index (χ1v) is 7.51. The molecule has 0 spiro atoms. The highest BCUT2D eigenvalue weighted by Crippen LogP contribution is 2.20. The summed E-state index contributed by atoms with van der Waals surface area (Å²) in [5, 5.41) is 12.2. The maximum absolute atomic E-state index is 12.5. The minimum Gasteiger partial charge on any atom is -0.480 e. The molecule has 21 heavy (non-hydrogen) atoms. The third kappa shape index (κ3) is 3.74. The lowest BCUT2D eigenvalue weighted by molar-refractivity contribution is -0.142. The number of carboxylic acids is 1. The molecule has 1 aromatic rings. The first-order chi connectivity index (χ1) is 10.1. The average Bonchev–Trinajstić information content (AvgIpc) is 2.73. The quantitative estimate of drug-likeness (QED) is 0.898. The third-order valence-corrected chi connectivity index (χ3v) is 3.94. The number of aliphatic carboxylic acids is 1. The Morgan fingerprint density at radius 3 is 2.76 bits per heavy atom. The molecule has 1 fully saturated rings. The van der Waals surface area contributed by atoms with Gasteiger partial charge in [0.25, 0.3) is 0 Å². The summed E-state index contributed by atoms with van der Waals surface area (Å²) in [5.74, 6) is -0.921. The molecule has 0 radical (unpaired) electrons. The van der Waals surface area contributed by atoms with Crippen LogP contribution in [0, 0.1) is 0 Å².